The molecule has 0 aliphatic rings. The molecule has 5 nitrogen and oxygen atoms in total. The minimum Gasteiger partial charge on any atom is -0.387 e. The van der Waals surface area contributed by atoms with Gasteiger partial charge in [0.15, 0.2) is 0 Å². The van der Waals surface area contributed by atoms with Crippen LogP contribution in [0.5, 0.6) is 0 Å². The largest absolute Gasteiger partial charge is 0.387 e. The molecular weight excluding hydrogens is 324 g/mol. The summed E-state index contributed by atoms with van der Waals surface area (Å²) in [6.07, 6.45) is -0.471. The standard InChI is InChI=1S/C18H24N2O3S/c1-13(2)23-11-15-5-3-14(4-6-15)9-19-18(22)20-10-17(21)16-7-8-24-12-16/h3-8,12-13,17,21H,9-11H2,1-2H3,(H2,19,20,22)/t17-/m0/s1. The van der Waals surface area contributed by atoms with Crippen LogP contribution in [0.25, 0.3) is 0 Å². The normalized spacial score (nSPS) is 12.2. The first-order valence-corrected chi connectivity index (χ1v) is 8.90. The maximum absolute atomic E-state index is 11.8. The molecule has 2 amide bonds. The van der Waals surface area contributed by atoms with Crippen LogP contribution >= 0.6 is 11.3 Å². The van der Waals surface area contributed by atoms with Crippen molar-refractivity contribution >= 4 is 17.4 Å². The Morgan fingerprint density at radius 3 is 2.50 bits per heavy atom. The molecule has 130 valence electrons. The average molecular weight is 348 g/mol. The number of carbonyl (C=O) groups excluding carboxylic acids is 1. The van der Waals surface area contributed by atoms with Crippen LogP contribution in [0.3, 0.4) is 0 Å². The number of nitrogens with one attached hydrogen (secondary N) is 2. The second kappa shape index (κ2) is 9.42. The van der Waals surface area contributed by atoms with Gasteiger partial charge in [-0.05, 0) is 47.4 Å². The first-order chi connectivity index (χ1) is 11.5. The first-order valence-electron chi connectivity index (χ1n) is 7.96. The van der Waals surface area contributed by atoms with Gasteiger partial charge in [-0.2, -0.15) is 11.3 Å². The summed E-state index contributed by atoms with van der Waals surface area (Å²) in [5.74, 6) is 0. The number of aliphatic hydroxyl groups excluding tert-OH is 1. The van der Waals surface area contributed by atoms with Crippen molar-refractivity contribution in [2.45, 2.75) is 39.2 Å². The lowest BCUT2D eigenvalue weighted by molar-refractivity contribution is 0.0657. The molecule has 6 heteroatoms. The number of carbonyl (C=O) groups is 1. The van der Waals surface area contributed by atoms with Crippen molar-refractivity contribution in [1.82, 2.24) is 10.6 Å². The van der Waals surface area contributed by atoms with Gasteiger partial charge in [-0.15, -0.1) is 0 Å². The van der Waals surface area contributed by atoms with Crippen molar-refractivity contribution in [3.05, 3.63) is 57.8 Å². The number of benzene rings is 1. The van der Waals surface area contributed by atoms with Gasteiger partial charge >= 0.3 is 6.03 Å². The third-order valence-electron chi connectivity index (χ3n) is 3.44. The summed E-state index contributed by atoms with van der Waals surface area (Å²) in [5.41, 5.74) is 2.94. The zero-order chi connectivity index (χ0) is 17.4. The minimum atomic E-state index is -0.678. The van der Waals surface area contributed by atoms with E-state index in [0.29, 0.717) is 13.2 Å². The fraction of sp³-hybridized carbons (Fsp3) is 0.389. The highest BCUT2D eigenvalue weighted by Gasteiger charge is 2.09. The molecule has 0 aliphatic carbocycles. The Balaban J connectivity index is 1.69. The maximum Gasteiger partial charge on any atom is 0.315 e. The summed E-state index contributed by atoms with van der Waals surface area (Å²) >= 11 is 1.52. The topological polar surface area (TPSA) is 70.6 Å². The summed E-state index contributed by atoms with van der Waals surface area (Å²) in [4.78, 5) is 11.8. The number of aliphatic hydroxyl groups is 1. The SMILES string of the molecule is CC(C)OCc1ccc(CNC(=O)NC[C@H](O)c2ccsc2)cc1. The number of ether oxygens (including phenoxy) is 1. The van der Waals surface area contributed by atoms with Crippen molar-refractivity contribution in [3.63, 3.8) is 0 Å². The quantitative estimate of drug-likeness (QED) is 0.686. The number of amides is 2. The van der Waals surface area contributed by atoms with Crippen molar-refractivity contribution in [3.8, 4) is 0 Å². The first kappa shape index (κ1) is 18.4. The Hall–Kier alpha value is -1.89. The highest BCUT2D eigenvalue weighted by Crippen LogP contribution is 2.14. The van der Waals surface area contributed by atoms with Crippen LogP contribution < -0.4 is 10.6 Å². The summed E-state index contributed by atoms with van der Waals surface area (Å²) in [6, 6.07) is 9.49. The van der Waals surface area contributed by atoms with Crippen molar-refractivity contribution in [2.24, 2.45) is 0 Å². The van der Waals surface area contributed by atoms with E-state index in [0.717, 1.165) is 16.7 Å². The fourth-order valence-electron chi connectivity index (χ4n) is 2.03. The maximum atomic E-state index is 11.8. The summed E-state index contributed by atoms with van der Waals surface area (Å²) < 4.78 is 5.55. The Bertz CT molecular complexity index is 612. The Morgan fingerprint density at radius 2 is 1.88 bits per heavy atom. The van der Waals surface area contributed by atoms with Gasteiger partial charge in [-0.1, -0.05) is 24.3 Å². The highest BCUT2D eigenvalue weighted by molar-refractivity contribution is 7.07. The predicted octanol–water partition coefficient (Wildman–Crippen LogP) is 3.21. The van der Waals surface area contributed by atoms with Gasteiger partial charge in [0, 0.05) is 13.1 Å². The molecule has 0 fully saturated rings. The third-order valence-corrected chi connectivity index (χ3v) is 4.14. The minimum absolute atomic E-state index is 0.189. The Kier molecular flexibility index (Phi) is 7.24. The number of hydrogen-bond acceptors (Lipinski definition) is 4. The molecule has 0 bridgehead atoms. The summed E-state index contributed by atoms with van der Waals surface area (Å²) in [7, 11) is 0. The van der Waals surface area contributed by atoms with Gasteiger partial charge in [0.05, 0.1) is 18.8 Å². The molecule has 1 aromatic carbocycles. The molecule has 24 heavy (non-hydrogen) atoms. The van der Waals surface area contributed by atoms with Crippen LogP contribution in [0.15, 0.2) is 41.1 Å². The van der Waals surface area contributed by atoms with Gasteiger partial charge in [-0.3, -0.25) is 0 Å². The van der Waals surface area contributed by atoms with Crippen molar-refractivity contribution in [1.29, 1.82) is 0 Å². The van der Waals surface area contributed by atoms with E-state index in [2.05, 4.69) is 10.6 Å². The molecule has 0 aliphatic heterocycles. The summed E-state index contributed by atoms with van der Waals surface area (Å²) in [6.45, 7) is 5.23. The predicted molar refractivity (Wildman–Crippen MR) is 95.9 cm³/mol. The second-order valence-electron chi connectivity index (χ2n) is 5.81. The van der Waals surface area contributed by atoms with E-state index in [1.165, 1.54) is 11.3 Å². The van der Waals surface area contributed by atoms with E-state index in [1.807, 2.05) is 54.9 Å². The van der Waals surface area contributed by atoms with E-state index in [9.17, 15) is 9.90 Å². The Morgan fingerprint density at radius 1 is 1.17 bits per heavy atom. The van der Waals surface area contributed by atoms with Crippen LogP contribution in [0.4, 0.5) is 4.79 Å². The fourth-order valence-corrected chi connectivity index (χ4v) is 2.74. The van der Waals surface area contributed by atoms with Gasteiger partial charge in [0.2, 0.25) is 0 Å². The van der Waals surface area contributed by atoms with Crippen molar-refractivity contribution in [2.75, 3.05) is 6.54 Å². The molecule has 3 N–H and O–H groups in total. The molecule has 1 heterocycles. The van der Waals surface area contributed by atoms with E-state index < -0.39 is 6.10 Å². The van der Waals surface area contributed by atoms with Gasteiger partial charge in [0.1, 0.15) is 0 Å². The van der Waals surface area contributed by atoms with E-state index in [-0.39, 0.29) is 18.7 Å². The van der Waals surface area contributed by atoms with Crippen LogP contribution in [-0.2, 0) is 17.9 Å². The second-order valence-corrected chi connectivity index (χ2v) is 6.59. The van der Waals surface area contributed by atoms with Gasteiger partial charge in [-0.25, -0.2) is 4.79 Å². The molecular formula is C18H24N2O3S. The number of hydrogen-bond donors (Lipinski definition) is 3. The molecule has 0 saturated heterocycles. The zero-order valence-electron chi connectivity index (χ0n) is 14.0. The summed E-state index contributed by atoms with van der Waals surface area (Å²) in [5, 5.41) is 19.1. The van der Waals surface area contributed by atoms with Gasteiger partial charge < -0.3 is 20.5 Å². The lowest BCUT2D eigenvalue weighted by Gasteiger charge is -2.12. The van der Waals surface area contributed by atoms with Gasteiger partial charge in [0.25, 0.3) is 0 Å². The van der Waals surface area contributed by atoms with Crippen molar-refractivity contribution < 1.29 is 14.6 Å². The monoisotopic (exact) mass is 348 g/mol. The Labute approximate surface area is 146 Å². The number of urea groups is 1. The lowest BCUT2D eigenvalue weighted by Crippen LogP contribution is -2.37. The van der Waals surface area contributed by atoms with E-state index >= 15 is 0 Å². The number of rotatable bonds is 8. The number of thiophene rings is 1. The molecule has 0 saturated carbocycles. The van der Waals surface area contributed by atoms with E-state index in [1.54, 1.807) is 0 Å². The molecule has 0 spiro atoms. The van der Waals surface area contributed by atoms with Crippen LogP contribution in [-0.4, -0.2) is 23.8 Å². The van der Waals surface area contributed by atoms with Crippen LogP contribution in [0, 0.1) is 0 Å². The van der Waals surface area contributed by atoms with Crippen LogP contribution in [0.2, 0.25) is 0 Å². The average Bonchev–Trinajstić information content (AvgIpc) is 3.11. The molecule has 0 radical (unpaired) electrons. The van der Waals surface area contributed by atoms with Crippen LogP contribution in [0.1, 0.15) is 36.6 Å². The molecule has 1 aromatic heterocycles. The lowest BCUT2D eigenvalue weighted by atomic mass is 10.1. The highest BCUT2D eigenvalue weighted by atomic mass is 32.1. The zero-order valence-corrected chi connectivity index (χ0v) is 14.8. The molecule has 0 unspecified atom stereocenters. The molecule has 1 atom stereocenters. The third kappa shape index (κ3) is 6.31. The smallest absolute Gasteiger partial charge is 0.315 e. The molecule has 2 aromatic rings. The van der Waals surface area contributed by atoms with E-state index in [4.69, 9.17) is 4.74 Å². The molecule has 2 rings (SSSR count).